The van der Waals surface area contributed by atoms with E-state index in [1.54, 1.807) is 0 Å². The fraction of sp³-hybridized carbons (Fsp3) is 0.364. The summed E-state index contributed by atoms with van der Waals surface area (Å²) in [7, 11) is 2.42. The lowest BCUT2D eigenvalue weighted by molar-refractivity contribution is -0.198. The van der Waals surface area contributed by atoms with E-state index in [9.17, 15) is 14.4 Å². The molecule has 0 bridgehead atoms. The van der Waals surface area contributed by atoms with Gasteiger partial charge in [0.2, 0.25) is 5.78 Å². The van der Waals surface area contributed by atoms with Gasteiger partial charge in [-0.1, -0.05) is 0 Å². The van der Waals surface area contributed by atoms with Gasteiger partial charge in [-0.25, -0.2) is 4.79 Å². The number of hydrogen-bond acceptors (Lipinski definition) is 6. The average Bonchev–Trinajstić information content (AvgIpc) is 2.30. The number of ketones is 1. The van der Waals surface area contributed by atoms with Crippen LogP contribution in [0.15, 0.2) is 23.8 Å². The highest BCUT2D eigenvalue weighted by Crippen LogP contribution is 2.23. The van der Waals surface area contributed by atoms with E-state index in [4.69, 9.17) is 9.47 Å². The van der Waals surface area contributed by atoms with E-state index in [1.165, 1.54) is 26.4 Å². The van der Waals surface area contributed by atoms with Crippen molar-refractivity contribution in [3.05, 3.63) is 23.8 Å². The van der Waals surface area contributed by atoms with E-state index in [2.05, 4.69) is 4.74 Å². The number of hydrogen-bond donors (Lipinski definition) is 0. The Morgan fingerprint density at radius 3 is 2.35 bits per heavy atom. The Morgan fingerprint density at radius 2 is 1.94 bits per heavy atom. The van der Waals surface area contributed by atoms with Crippen LogP contribution in [-0.4, -0.2) is 37.7 Å². The summed E-state index contributed by atoms with van der Waals surface area (Å²) in [6.45, 7) is 1.15. The number of carbonyl (C=O) groups is 3. The van der Waals surface area contributed by atoms with Crippen molar-refractivity contribution in [1.82, 2.24) is 0 Å². The van der Waals surface area contributed by atoms with E-state index < -0.39 is 23.5 Å². The molecule has 0 spiro atoms. The van der Waals surface area contributed by atoms with Gasteiger partial charge in [0, 0.05) is 20.1 Å². The van der Waals surface area contributed by atoms with Crippen molar-refractivity contribution < 1.29 is 28.6 Å². The quantitative estimate of drug-likeness (QED) is 0.515. The van der Waals surface area contributed by atoms with Crippen LogP contribution in [0.25, 0.3) is 0 Å². The van der Waals surface area contributed by atoms with Gasteiger partial charge >= 0.3 is 11.9 Å². The standard InChI is InChI=1S/C11H12O6/c1-7(12)17-11(16-3)5-4-8(6-9(11)13)10(14)15-2/h4-6H,1-3H3. The molecule has 1 unspecified atom stereocenters. The van der Waals surface area contributed by atoms with Crippen molar-refractivity contribution in [1.29, 1.82) is 0 Å². The Labute approximate surface area is 97.8 Å². The molecule has 1 aliphatic carbocycles. The van der Waals surface area contributed by atoms with Crippen molar-refractivity contribution in [3.8, 4) is 0 Å². The first-order chi connectivity index (χ1) is 7.95. The Kier molecular flexibility index (Phi) is 3.80. The van der Waals surface area contributed by atoms with E-state index in [-0.39, 0.29) is 5.57 Å². The summed E-state index contributed by atoms with van der Waals surface area (Å²) < 4.78 is 14.2. The highest BCUT2D eigenvalue weighted by molar-refractivity contribution is 6.07. The Hall–Kier alpha value is -1.95. The fourth-order valence-electron chi connectivity index (χ4n) is 1.32. The normalized spacial score (nSPS) is 23.0. The van der Waals surface area contributed by atoms with Crippen LogP contribution in [0.2, 0.25) is 0 Å². The molecule has 0 aromatic rings. The van der Waals surface area contributed by atoms with Gasteiger partial charge in [0.05, 0.1) is 12.7 Å². The maximum atomic E-state index is 11.8. The molecule has 92 valence electrons. The Bertz CT molecular complexity index is 420. The topological polar surface area (TPSA) is 78.9 Å². The van der Waals surface area contributed by atoms with E-state index in [0.717, 1.165) is 13.0 Å². The average molecular weight is 240 g/mol. The molecule has 0 aliphatic heterocycles. The van der Waals surface area contributed by atoms with Crippen LogP contribution in [0.4, 0.5) is 0 Å². The van der Waals surface area contributed by atoms with Gasteiger partial charge < -0.3 is 14.2 Å². The molecule has 17 heavy (non-hydrogen) atoms. The molecular formula is C11H12O6. The molecular weight excluding hydrogens is 228 g/mol. The van der Waals surface area contributed by atoms with Gasteiger partial charge in [-0.05, 0) is 12.2 Å². The van der Waals surface area contributed by atoms with E-state index in [1.807, 2.05) is 0 Å². The van der Waals surface area contributed by atoms with Crippen molar-refractivity contribution in [2.24, 2.45) is 0 Å². The lowest BCUT2D eigenvalue weighted by Gasteiger charge is -2.27. The Morgan fingerprint density at radius 1 is 1.29 bits per heavy atom. The van der Waals surface area contributed by atoms with Gasteiger partial charge in [0.1, 0.15) is 0 Å². The minimum atomic E-state index is -1.79. The van der Waals surface area contributed by atoms with Crippen LogP contribution in [0.5, 0.6) is 0 Å². The van der Waals surface area contributed by atoms with Crippen LogP contribution in [-0.2, 0) is 28.6 Å². The maximum Gasteiger partial charge on any atom is 0.337 e. The highest BCUT2D eigenvalue weighted by atomic mass is 16.7. The minimum absolute atomic E-state index is 0.0670. The number of carbonyl (C=O) groups excluding carboxylic acids is 3. The molecule has 0 aromatic carbocycles. The molecule has 0 radical (unpaired) electrons. The first-order valence-corrected chi connectivity index (χ1v) is 4.73. The molecule has 1 rings (SSSR count). The Balaban J connectivity index is 3.01. The maximum absolute atomic E-state index is 11.8. The predicted octanol–water partition coefficient (Wildman–Crippen LogP) is 0.130. The van der Waals surface area contributed by atoms with Gasteiger partial charge in [-0.3, -0.25) is 9.59 Å². The lowest BCUT2D eigenvalue weighted by Crippen LogP contribution is -2.43. The van der Waals surface area contributed by atoms with E-state index >= 15 is 0 Å². The molecule has 1 aliphatic rings. The van der Waals surface area contributed by atoms with Crippen molar-refractivity contribution >= 4 is 17.7 Å². The summed E-state index contributed by atoms with van der Waals surface area (Å²) >= 11 is 0. The SMILES string of the molecule is COC(=O)C1=CC(=O)C(OC)(OC(C)=O)C=C1. The molecule has 0 heterocycles. The van der Waals surface area contributed by atoms with Gasteiger partial charge in [-0.15, -0.1) is 0 Å². The molecule has 6 heteroatoms. The summed E-state index contributed by atoms with van der Waals surface area (Å²) in [6.07, 6.45) is 3.51. The third kappa shape index (κ3) is 2.59. The monoisotopic (exact) mass is 240 g/mol. The van der Waals surface area contributed by atoms with Crippen LogP contribution in [0.3, 0.4) is 0 Å². The van der Waals surface area contributed by atoms with Crippen LogP contribution in [0, 0.1) is 0 Å². The molecule has 0 aromatic heterocycles. The zero-order valence-electron chi connectivity index (χ0n) is 9.68. The summed E-state index contributed by atoms with van der Waals surface area (Å²) in [6, 6.07) is 0. The minimum Gasteiger partial charge on any atom is -0.465 e. The van der Waals surface area contributed by atoms with Crippen LogP contribution >= 0.6 is 0 Å². The van der Waals surface area contributed by atoms with Crippen molar-refractivity contribution in [3.63, 3.8) is 0 Å². The summed E-state index contributed by atoms with van der Waals surface area (Å²) in [5, 5.41) is 0. The highest BCUT2D eigenvalue weighted by Gasteiger charge is 2.41. The van der Waals surface area contributed by atoms with Gasteiger partial charge in [-0.2, -0.15) is 0 Å². The molecule has 0 amide bonds. The zero-order chi connectivity index (χ0) is 13.1. The van der Waals surface area contributed by atoms with Gasteiger partial charge in [0.15, 0.2) is 0 Å². The number of esters is 2. The van der Waals surface area contributed by atoms with E-state index in [0.29, 0.717) is 0 Å². The summed E-state index contributed by atoms with van der Waals surface area (Å²) in [4.78, 5) is 33.9. The molecule has 0 saturated heterocycles. The van der Waals surface area contributed by atoms with Gasteiger partial charge in [0.25, 0.3) is 5.79 Å². The van der Waals surface area contributed by atoms with Crippen LogP contribution < -0.4 is 0 Å². The summed E-state index contributed by atoms with van der Waals surface area (Å²) in [5.41, 5.74) is 0.0670. The second-order valence-electron chi connectivity index (χ2n) is 3.25. The van der Waals surface area contributed by atoms with Crippen molar-refractivity contribution in [2.75, 3.05) is 14.2 Å². The first-order valence-electron chi connectivity index (χ1n) is 4.73. The van der Waals surface area contributed by atoms with Crippen LogP contribution in [0.1, 0.15) is 6.92 Å². The third-order valence-electron chi connectivity index (χ3n) is 2.13. The predicted molar refractivity (Wildman–Crippen MR) is 55.8 cm³/mol. The molecule has 1 atom stereocenters. The first kappa shape index (κ1) is 13.1. The number of ether oxygens (including phenoxy) is 3. The molecule has 6 nitrogen and oxygen atoms in total. The molecule has 0 saturated carbocycles. The zero-order valence-corrected chi connectivity index (χ0v) is 9.68. The number of rotatable bonds is 3. The third-order valence-corrected chi connectivity index (χ3v) is 2.13. The second-order valence-corrected chi connectivity index (χ2v) is 3.25. The smallest absolute Gasteiger partial charge is 0.337 e. The summed E-state index contributed by atoms with van der Waals surface area (Å²) in [5.74, 6) is -3.76. The number of methoxy groups -OCH3 is 2. The molecule has 0 N–H and O–H groups in total. The largest absolute Gasteiger partial charge is 0.465 e. The fourth-order valence-corrected chi connectivity index (χ4v) is 1.32. The van der Waals surface area contributed by atoms with Crippen molar-refractivity contribution in [2.45, 2.75) is 12.7 Å². The molecule has 0 fully saturated rings. The lowest BCUT2D eigenvalue weighted by atomic mass is 10.0. The second kappa shape index (κ2) is 4.92.